The molecule has 0 aliphatic carbocycles. The van der Waals surface area contributed by atoms with Gasteiger partial charge in [0.15, 0.2) is 11.7 Å². The number of fused-ring (bicyclic) bond motifs is 1. The smallest absolute Gasteiger partial charge is 0.195 e. The Morgan fingerprint density at radius 1 is 1.14 bits per heavy atom. The number of carbonyl (C=O) groups excluding carboxylic acids is 1. The van der Waals surface area contributed by atoms with Crippen molar-refractivity contribution in [2.24, 2.45) is 0 Å². The summed E-state index contributed by atoms with van der Waals surface area (Å²) in [6, 6.07) is 9.20. The maximum Gasteiger partial charge on any atom is 0.195 e. The van der Waals surface area contributed by atoms with Crippen molar-refractivity contribution in [3.8, 4) is 17.0 Å². The lowest BCUT2D eigenvalue weighted by Gasteiger charge is -2.21. The van der Waals surface area contributed by atoms with E-state index in [4.69, 9.17) is 20.1 Å². The van der Waals surface area contributed by atoms with Gasteiger partial charge in [0.05, 0.1) is 28.4 Å². The molecule has 0 spiro atoms. The molecule has 2 aromatic heterocycles. The highest BCUT2D eigenvalue weighted by atomic mass is 35.5. The number of nitrogens with zero attached hydrogens (tertiary/aromatic N) is 1. The summed E-state index contributed by atoms with van der Waals surface area (Å²) in [6.07, 6.45) is 0.315. The summed E-state index contributed by atoms with van der Waals surface area (Å²) in [5, 5.41) is 14.2. The quantitative estimate of drug-likeness (QED) is 0.211. The second-order valence-electron chi connectivity index (χ2n) is 9.24. The van der Waals surface area contributed by atoms with E-state index in [2.05, 4.69) is 10.3 Å². The minimum absolute atomic E-state index is 0.00593. The number of phenolic OH excluding ortho intramolecular Hbond substituents is 1. The molecule has 0 amide bonds. The van der Waals surface area contributed by atoms with Gasteiger partial charge in [-0.3, -0.25) is 9.59 Å². The van der Waals surface area contributed by atoms with E-state index in [9.17, 15) is 14.7 Å². The van der Waals surface area contributed by atoms with Gasteiger partial charge in [-0.05, 0) is 69.1 Å². The van der Waals surface area contributed by atoms with E-state index in [0.29, 0.717) is 34.3 Å². The number of pyridine rings is 1. The fourth-order valence-electron chi connectivity index (χ4n) is 4.45. The maximum absolute atomic E-state index is 13.2. The number of rotatable bonds is 6. The summed E-state index contributed by atoms with van der Waals surface area (Å²) in [5.41, 5.74) is 2.68. The lowest BCUT2D eigenvalue weighted by molar-refractivity contribution is 0.112. The number of hydrogen-bond donors (Lipinski definition) is 2. The zero-order valence-electron chi connectivity index (χ0n) is 23.7. The molecule has 0 aliphatic heterocycles. The first-order valence-corrected chi connectivity index (χ1v) is 11.9. The Hall–Kier alpha value is -3.64. The van der Waals surface area contributed by atoms with Crippen LogP contribution in [0, 0.1) is 20.7 Å². The van der Waals surface area contributed by atoms with Crippen LogP contribution >= 0.6 is 11.6 Å². The lowest BCUT2D eigenvalue weighted by atomic mass is 9.97. The van der Waals surface area contributed by atoms with Gasteiger partial charge in [0, 0.05) is 26.7 Å². The molecule has 2 N–H and O–H groups in total. The van der Waals surface area contributed by atoms with Crippen LogP contribution in [-0.2, 0) is 0 Å². The molecular weight excluding hydrogens is 476 g/mol. The second kappa shape index (κ2) is 9.78. The third-order valence-electron chi connectivity index (χ3n) is 6.25. The Balaban J connectivity index is 1.92. The molecular formula is C29H29ClN2O4. The van der Waals surface area contributed by atoms with Gasteiger partial charge in [0.1, 0.15) is 22.2 Å². The molecule has 0 radical (unpaired) electrons. The van der Waals surface area contributed by atoms with Crippen LogP contribution in [0.4, 0.5) is 5.69 Å². The number of hydrogen-bond acceptors (Lipinski definition) is 6. The third kappa shape index (κ3) is 4.49. The molecule has 0 saturated carbocycles. The van der Waals surface area contributed by atoms with E-state index < -0.39 is 18.6 Å². The van der Waals surface area contributed by atoms with Gasteiger partial charge in [-0.1, -0.05) is 31.5 Å². The third-order valence-corrected chi connectivity index (χ3v) is 6.46. The van der Waals surface area contributed by atoms with Crippen LogP contribution in [0.25, 0.3) is 22.2 Å². The molecule has 2 heterocycles. The van der Waals surface area contributed by atoms with E-state index in [1.165, 1.54) is 12.1 Å². The molecule has 4 rings (SSSR count). The van der Waals surface area contributed by atoms with Gasteiger partial charge < -0.3 is 14.8 Å². The topological polar surface area (TPSA) is 92.4 Å². The van der Waals surface area contributed by atoms with E-state index in [1.807, 2.05) is 39.8 Å². The summed E-state index contributed by atoms with van der Waals surface area (Å²) in [6.45, 7) is 6.76. The Morgan fingerprint density at radius 3 is 2.56 bits per heavy atom. The van der Waals surface area contributed by atoms with Gasteiger partial charge >= 0.3 is 0 Å². The van der Waals surface area contributed by atoms with Crippen molar-refractivity contribution in [1.29, 1.82) is 0 Å². The van der Waals surface area contributed by atoms with Crippen molar-refractivity contribution in [2.45, 2.75) is 53.4 Å². The molecule has 7 heteroatoms. The van der Waals surface area contributed by atoms with Gasteiger partial charge in [-0.2, -0.15) is 0 Å². The number of aromatic hydroxyl groups is 1. The van der Waals surface area contributed by atoms with E-state index in [1.54, 1.807) is 19.1 Å². The number of nitrogens with one attached hydrogen (secondary N) is 1. The highest BCUT2D eigenvalue weighted by Gasteiger charge is 2.21. The molecule has 1 unspecified atom stereocenters. The van der Waals surface area contributed by atoms with E-state index in [0.717, 1.165) is 11.1 Å². The van der Waals surface area contributed by atoms with E-state index >= 15 is 0 Å². The number of anilines is 1. The first-order valence-electron chi connectivity index (χ1n) is 13.1. The Morgan fingerprint density at radius 2 is 1.89 bits per heavy atom. The van der Waals surface area contributed by atoms with E-state index in [-0.39, 0.29) is 38.9 Å². The van der Waals surface area contributed by atoms with Crippen LogP contribution in [0.5, 0.6) is 5.75 Å². The SMILES string of the molecule is [2H]C([2H])([2H])c1c(-c2nc(Cl)ccc2NC(C)c2cc(C)cc3c(=O)c(C)c(C(C)C)oc23)ccc(O)c1C=O. The first-order chi connectivity index (χ1) is 18.2. The molecule has 186 valence electrons. The van der Waals surface area contributed by atoms with Crippen molar-refractivity contribution >= 4 is 34.5 Å². The minimum Gasteiger partial charge on any atom is -0.507 e. The molecule has 1 atom stereocenters. The molecule has 0 bridgehead atoms. The van der Waals surface area contributed by atoms with Gasteiger partial charge in [-0.25, -0.2) is 4.98 Å². The van der Waals surface area contributed by atoms with Crippen LogP contribution in [0.2, 0.25) is 5.15 Å². The molecule has 36 heavy (non-hydrogen) atoms. The predicted molar refractivity (Wildman–Crippen MR) is 145 cm³/mol. The monoisotopic (exact) mass is 507 g/mol. The Labute approximate surface area is 219 Å². The summed E-state index contributed by atoms with van der Waals surface area (Å²) < 4.78 is 30.5. The zero-order chi connectivity index (χ0) is 28.8. The number of phenols is 1. The number of halogens is 1. The summed E-state index contributed by atoms with van der Waals surface area (Å²) >= 11 is 6.22. The first kappa shape index (κ1) is 21.6. The van der Waals surface area contributed by atoms with Gasteiger partial charge in [0.25, 0.3) is 0 Å². The number of benzene rings is 2. The number of aryl methyl sites for hydroxylation is 1. The highest BCUT2D eigenvalue weighted by Crippen LogP contribution is 2.37. The number of aromatic nitrogens is 1. The van der Waals surface area contributed by atoms with Crippen LogP contribution in [0.15, 0.2) is 45.6 Å². The second-order valence-corrected chi connectivity index (χ2v) is 9.63. The highest BCUT2D eigenvalue weighted by molar-refractivity contribution is 6.29. The predicted octanol–water partition coefficient (Wildman–Crippen LogP) is 7.25. The molecule has 6 nitrogen and oxygen atoms in total. The summed E-state index contributed by atoms with van der Waals surface area (Å²) in [5.74, 6) is 0.181. The molecule has 0 saturated heterocycles. The normalized spacial score (nSPS) is 13.8. The average Bonchev–Trinajstić information content (AvgIpc) is 2.86. The Kier molecular flexibility index (Phi) is 5.88. The van der Waals surface area contributed by atoms with Gasteiger partial charge in [0.2, 0.25) is 0 Å². The van der Waals surface area contributed by atoms with Crippen molar-refractivity contribution in [2.75, 3.05) is 5.32 Å². The van der Waals surface area contributed by atoms with Crippen LogP contribution < -0.4 is 10.7 Å². The van der Waals surface area contributed by atoms with Crippen LogP contribution in [0.1, 0.15) is 75.2 Å². The molecule has 0 fully saturated rings. The number of aldehydes is 1. The Bertz CT molecular complexity index is 1660. The van der Waals surface area contributed by atoms with Crippen molar-refractivity contribution in [3.05, 3.63) is 85.4 Å². The standard InChI is InChI=1S/C29H29ClN2O4/c1-14(2)28-17(5)27(35)21-12-15(3)11-20(29(21)36-28)18(6)31-23-8-10-25(30)32-26(23)19-7-9-24(34)22(13-33)16(19)4/h7-14,18,31,34H,1-6H3/i4D3. The molecule has 2 aromatic carbocycles. The summed E-state index contributed by atoms with van der Waals surface area (Å²) in [7, 11) is 0. The largest absolute Gasteiger partial charge is 0.507 e. The fraction of sp³-hybridized carbons (Fsp3) is 0.276. The molecule has 0 aliphatic rings. The lowest BCUT2D eigenvalue weighted by Crippen LogP contribution is -2.14. The van der Waals surface area contributed by atoms with Crippen LogP contribution in [-0.4, -0.2) is 16.4 Å². The average molecular weight is 508 g/mol. The zero-order valence-corrected chi connectivity index (χ0v) is 21.4. The van der Waals surface area contributed by atoms with Gasteiger partial charge in [-0.15, -0.1) is 0 Å². The van der Waals surface area contributed by atoms with Crippen molar-refractivity contribution in [3.63, 3.8) is 0 Å². The van der Waals surface area contributed by atoms with Crippen molar-refractivity contribution in [1.82, 2.24) is 4.98 Å². The maximum atomic E-state index is 13.2. The minimum atomic E-state index is -2.72. The number of carbonyl (C=O) groups is 1. The summed E-state index contributed by atoms with van der Waals surface area (Å²) in [4.78, 5) is 29.4. The van der Waals surface area contributed by atoms with Crippen LogP contribution in [0.3, 0.4) is 0 Å². The fourth-order valence-corrected chi connectivity index (χ4v) is 4.60. The van der Waals surface area contributed by atoms with Crippen molar-refractivity contribution < 1.29 is 18.4 Å². The molecule has 4 aromatic rings.